The number of hydrogen-bond acceptors (Lipinski definition) is 8. The molecule has 4 aromatic carbocycles. The fourth-order valence-electron chi connectivity index (χ4n) is 5.56. The molecule has 1 aliphatic heterocycles. The molecule has 0 amide bonds. The van der Waals surface area contributed by atoms with Crippen LogP contribution in [0.5, 0.6) is 17.2 Å². The molecule has 5 aromatic rings. The second-order valence-corrected chi connectivity index (χ2v) is 11.4. The Labute approximate surface area is 264 Å². The van der Waals surface area contributed by atoms with Crippen LogP contribution in [0.2, 0.25) is 0 Å². The molecular formula is C36H32N2O6S. The van der Waals surface area contributed by atoms with Crippen molar-refractivity contribution in [2.75, 3.05) is 20.8 Å². The first-order valence-corrected chi connectivity index (χ1v) is 15.3. The Kier molecular flexibility index (Phi) is 8.53. The molecule has 0 fully saturated rings. The molecule has 45 heavy (non-hydrogen) atoms. The Hall–Kier alpha value is -5.15. The highest BCUT2D eigenvalue weighted by molar-refractivity contribution is 7.07. The van der Waals surface area contributed by atoms with Crippen molar-refractivity contribution < 1.29 is 23.7 Å². The summed E-state index contributed by atoms with van der Waals surface area (Å²) in [6.45, 7) is 4.08. The number of nitrogens with zero attached hydrogens (tertiary/aromatic N) is 2. The molecular weight excluding hydrogens is 588 g/mol. The number of fused-ring (bicyclic) bond motifs is 2. The number of thiazole rings is 1. The number of carbonyl (C=O) groups is 1. The van der Waals surface area contributed by atoms with Crippen LogP contribution in [0.1, 0.15) is 36.6 Å². The quantitative estimate of drug-likeness (QED) is 0.201. The fraction of sp³-hybridized carbons (Fsp3) is 0.194. The molecule has 0 saturated carbocycles. The average Bonchev–Trinajstić information content (AvgIpc) is 3.36. The molecule has 0 aliphatic carbocycles. The molecule has 6 rings (SSSR count). The van der Waals surface area contributed by atoms with Gasteiger partial charge in [-0.2, -0.15) is 0 Å². The lowest BCUT2D eigenvalue weighted by Gasteiger charge is -2.26. The van der Waals surface area contributed by atoms with Gasteiger partial charge in [0.2, 0.25) is 0 Å². The van der Waals surface area contributed by atoms with E-state index in [0.29, 0.717) is 44.4 Å². The average molecular weight is 621 g/mol. The molecule has 2 heterocycles. The molecule has 1 aliphatic rings. The third kappa shape index (κ3) is 5.86. The minimum atomic E-state index is -0.831. The van der Waals surface area contributed by atoms with Crippen LogP contribution in [0, 0.1) is 0 Å². The third-order valence-electron chi connectivity index (χ3n) is 7.68. The molecule has 0 saturated heterocycles. The second-order valence-electron chi connectivity index (χ2n) is 10.4. The zero-order valence-electron chi connectivity index (χ0n) is 25.4. The Morgan fingerprint density at radius 1 is 0.956 bits per heavy atom. The summed E-state index contributed by atoms with van der Waals surface area (Å²) < 4.78 is 24.8. The van der Waals surface area contributed by atoms with Gasteiger partial charge in [0.1, 0.15) is 29.9 Å². The monoisotopic (exact) mass is 620 g/mol. The first-order chi connectivity index (χ1) is 21.9. The van der Waals surface area contributed by atoms with Crippen LogP contribution < -0.4 is 29.1 Å². The summed E-state index contributed by atoms with van der Waals surface area (Å²) in [6, 6.07) is 26.5. The van der Waals surface area contributed by atoms with Crippen LogP contribution in [0.3, 0.4) is 0 Å². The van der Waals surface area contributed by atoms with E-state index in [9.17, 15) is 9.59 Å². The van der Waals surface area contributed by atoms with E-state index in [1.54, 1.807) is 46.3 Å². The summed E-state index contributed by atoms with van der Waals surface area (Å²) in [6.07, 6.45) is 1.82. The zero-order chi connectivity index (χ0) is 31.5. The first kappa shape index (κ1) is 29.9. The lowest BCUT2D eigenvalue weighted by atomic mass is 9.94. The standard InChI is InChI=1S/C36H32N2O6S/c1-5-43-35(40)32-22(2)37-36-38(33(32)29-20-26(41-3)16-17-30(29)42-4)34(39)31(45-36)19-23-10-8-14-27(18-23)44-21-25-13-9-12-24-11-6-7-15-28(24)25/h6-20,33H,5,21H2,1-4H3/b31-19+. The normalized spacial score (nSPS) is 14.6. The smallest absolute Gasteiger partial charge is 0.338 e. The molecule has 1 atom stereocenters. The van der Waals surface area contributed by atoms with Crippen LogP contribution in [0.4, 0.5) is 0 Å². The lowest BCUT2D eigenvalue weighted by molar-refractivity contribution is -0.139. The number of methoxy groups -OCH3 is 2. The van der Waals surface area contributed by atoms with Crippen molar-refractivity contribution in [3.8, 4) is 17.2 Å². The maximum absolute atomic E-state index is 14.1. The van der Waals surface area contributed by atoms with Gasteiger partial charge in [0.15, 0.2) is 4.80 Å². The first-order valence-electron chi connectivity index (χ1n) is 14.5. The number of rotatable bonds is 9. The van der Waals surface area contributed by atoms with Crippen molar-refractivity contribution in [1.29, 1.82) is 0 Å². The predicted molar refractivity (Wildman–Crippen MR) is 175 cm³/mol. The molecule has 8 nitrogen and oxygen atoms in total. The topological polar surface area (TPSA) is 88.4 Å². The number of ether oxygens (including phenoxy) is 4. The maximum atomic E-state index is 14.1. The molecule has 1 aromatic heterocycles. The van der Waals surface area contributed by atoms with Gasteiger partial charge in [-0.05, 0) is 72.2 Å². The van der Waals surface area contributed by atoms with Crippen LogP contribution in [0.25, 0.3) is 16.8 Å². The highest BCUT2D eigenvalue weighted by Crippen LogP contribution is 2.37. The lowest BCUT2D eigenvalue weighted by Crippen LogP contribution is -2.40. The largest absolute Gasteiger partial charge is 0.497 e. The van der Waals surface area contributed by atoms with E-state index in [1.165, 1.54) is 15.9 Å². The fourth-order valence-corrected chi connectivity index (χ4v) is 6.61. The van der Waals surface area contributed by atoms with E-state index >= 15 is 0 Å². The van der Waals surface area contributed by atoms with Crippen molar-refractivity contribution >= 4 is 34.2 Å². The number of aromatic nitrogens is 1. The highest BCUT2D eigenvalue weighted by Gasteiger charge is 2.35. The van der Waals surface area contributed by atoms with Gasteiger partial charge in [-0.15, -0.1) is 0 Å². The van der Waals surface area contributed by atoms with Crippen LogP contribution in [-0.2, 0) is 16.1 Å². The van der Waals surface area contributed by atoms with E-state index < -0.39 is 12.0 Å². The Balaban J connectivity index is 1.40. The van der Waals surface area contributed by atoms with Gasteiger partial charge in [0.25, 0.3) is 5.56 Å². The van der Waals surface area contributed by atoms with Crippen LogP contribution in [-0.4, -0.2) is 31.4 Å². The Morgan fingerprint density at radius 2 is 1.76 bits per heavy atom. The Bertz CT molecular complexity index is 2120. The van der Waals surface area contributed by atoms with Crippen molar-refractivity contribution in [3.63, 3.8) is 0 Å². The van der Waals surface area contributed by atoms with Crippen molar-refractivity contribution in [2.45, 2.75) is 26.5 Å². The Morgan fingerprint density at radius 3 is 2.56 bits per heavy atom. The van der Waals surface area contributed by atoms with Gasteiger partial charge < -0.3 is 18.9 Å². The SMILES string of the molecule is CCOC(=O)C1=C(C)N=c2s/c(=C/c3cccc(OCc4cccc5ccccc45)c3)c(=O)n2C1c1cc(OC)ccc1OC. The minimum Gasteiger partial charge on any atom is -0.497 e. The number of benzene rings is 4. The summed E-state index contributed by atoms with van der Waals surface area (Å²) in [7, 11) is 3.11. The zero-order valence-corrected chi connectivity index (χ0v) is 26.2. The summed E-state index contributed by atoms with van der Waals surface area (Å²) in [5.41, 5.74) is 2.93. The maximum Gasteiger partial charge on any atom is 0.338 e. The van der Waals surface area contributed by atoms with Crippen molar-refractivity contribution in [2.24, 2.45) is 4.99 Å². The summed E-state index contributed by atoms with van der Waals surface area (Å²) in [4.78, 5) is 32.6. The molecule has 1 unspecified atom stereocenters. The summed E-state index contributed by atoms with van der Waals surface area (Å²) in [5.74, 6) is 1.21. The van der Waals surface area contributed by atoms with Crippen molar-refractivity contribution in [1.82, 2.24) is 4.57 Å². The van der Waals surface area contributed by atoms with Gasteiger partial charge in [-0.3, -0.25) is 9.36 Å². The number of allylic oxidation sites excluding steroid dienone is 1. The number of carbonyl (C=O) groups excluding carboxylic acids is 1. The van der Waals surface area contributed by atoms with E-state index in [2.05, 4.69) is 29.3 Å². The third-order valence-corrected chi connectivity index (χ3v) is 8.66. The molecule has 0 spiro atoms. The van der Waals surface area contributed by atoms with Gasteiger partial charge in [0, 0.05) is 5.56 Å². The van der Waals surface area contributed by atoms with E-state index in [-0.39, 0.29) is 17.7 Å². The summed E-state index contributed by atoms with van der Waals surface area (Å²) in [5, 5.41) is 2.31. The minimum absolute atomic E-state index is 0.181. The van der Waals surface area contributed by atoms with Gasteiger partial charge in [-0.1, -0.05) is 65.9 Å². The van der Waals surface area contributed by atoms with E-state index in [0.717, 1.165) is 21.9 Å². The van der Waals surface area contributed by atoms with Crippen LogP contribution in [0.15, 0.2) is 106 Å². The number of hydrogen-bond donors (Lipinski definition) is 0. The molecule has 0 radical (unpaired) electrons. The second kappa shape index (κ2) is 12.8. The molecule has 9 heteroatoms. The predicted octanol–water partition coefficient (Wildman–Crippen LogP) is 5.55. The van der Waals surface area contributed by atoms with E-state index in [4.69, 9.17) is 18.9 Å². The highest BCUT2D eigenvalue weighted by atomic mass is 32.1. The molecule has 228 valence electrons. The van der Waals surface area contributed by atoms with Crippen LogP contribution >= 0.6 is 11.3 Å². The van der Waals surface area contributed by atoms with Crippen molar-refractivity contribution in [3.05, 3.63) is 133 Å². The molecule has 0 bridgehead atoms. The van der Waals surface area contributed by atoms with Gasteiger partial charge in [-0.25, -0.2) is 9.79 Å². The summed E-state index contributed by atoms with van der Waals surface area (Å²) >= 11 is 1.26. The van der Waals surface area contributed by atoms with E-state index in [1.807, 2.05) is 48.5 Å². The van der Waals surface area contributed by atoms with Gasteiger partial charge in [0.05, 0.1) is 36.6 Å². The molecule has 0 N–H and O–H groups in total. The number of esters is 1. The van der Waals surface area contributed by atoms with Gasteiger partial charge >= 0.3 is 5.97 Å².